The molecular weight excluding hydrogens is 263 g/mol. The number of benzene rings is 1. The Kier molecular flexibility index (Phi) is 4.92. The quantitative estimate of drug-likeness (QED) is 0.881. The second kappa shape index (κ2) is 6.35. The lowest BCUT2D eigenvalue weighted by Crippen LogP contribution is -2.40. The summed E-state index contributed by atoms with van der Waals surface area (Å²) < 4.78 is 13.8. The van der Waals surface area contributed by atoms with E-state index in [1.807, 2.05) is 19.9 Å². The number of halogens is 1. The lowest BCUT2D eigenvalue weighted by molar-refractivity contribution is 0.199. The van der Waals surface area contributed by atoms with Crippen LogP contribution in [0.15, 0.2) is 12.1 Å². The summed E-state index contributed by atoms with van der Waals surface area (Å²) in [7, 11) is 0. The molecule has 0 radical (unpaired) electrons. The minimum Gasteiger partial charge on any atom is -0.371 e. The molecule has 21 heavy (non-hydrogen) atoms. The van der Waals surface area contributed by atoms with Crippen LogP contribution in [-0.2, 0) is 0 Å². The molecule has 0 aromatic heterocycles. The van der Waals surface area contributed by atoms with Gasteiger partial charge in [-0.3, -0.25) is 0 Å². The van der Waals surface area contributed by atoms with Crippen molar-refractivity contribution >= 4 is 5.69 Å². The Hall–Kier alpha value is -1.09. The van der Waals surface area contributed by atoms with E-state index in [9.17, 15) is 4.39 Å². The number of aryl methyl sites for hydroxylation is 1. The van der Waals surface area contributed by atoms with Crippen molar-refractivity contribution in [2.75, 3.05) is 18.0 Å². The first kappa shape index (κ1) is 16.3. The molecule has 0 amide bonds. The predicted octanol–water partition coefficient (Wildman–Crippen LogP) is 4.56. The first-order chi connectivity index (χ1) is 9.92. The van der Waals surface area contributed by atoms with E-state index in [4.69, 9.17) is 5.73 Å². The van der Waals surface area contributed by atoms with Gasteiger partial charge >= 0.3 is 0 Å². The first-order valence-corrected chi connectivity index (χ1v) is 8.23. The van der Waals surface area contributed by atoms with Crippen molar-refractivity contribution in [3.63, 3.8) is 0 Å². The van der Waals surface area contributed by atoms with Gasteiger partial charge in [0.15, 0.2) is 0 Å². The van der Waals surface area contributed by atoms with Gasteiger partial charge < -0.3 is 10.6 Å². The number of anilines is 1. The Bertz CT molecular complexity index is 482. The zero-order valence-corrected chi connectivity index (χ0v) is 13.9. The third-order valence-corrected chi connectivity index (χ3v) is 5.46. The zero-order valence-electron chi connectivity index (χ0n) is 13.9. The van der Waals surface area contributed by atoms with E-state index in [0.29, 0.717) is 11.0 Å². The Labute approximate surface area is 128 Å². The monoisotopic (exact) mass is 292 g/mol. The summed E-state index contributed by atoms with van der Waals surface area (Å²) in [5.41, 5.74) is 9.32. The maximum absolute atomic E-state index is 13.8. The molecule has 0 unspecified atom stereocenters. The van der Waals surface area contributed by atoms with Gasteiger partial charge in [-0.25, -0.2) is 4.39 Å². The molecule has 0 saturated carbocycles. The molecular formula is C18H29FN2. The smallest absolute Gasteiger partial charge is 0.126 e. The van der Waals surface area contributed by atoms with Gasteiger partial charge in [-0.05, 0) is 55.4 Å². The molecule has 1 heterocycles. The maximum Gasteiger partial charge on any atom is 0.126 e. The van der Waals surface area contributed by atoms with Gasteiger partial charge in [0.05, 0.1) is 0 Å². The lowest BCUT2D eigenvalue weighted by atomic mass is 9.74. The summed E-state index contributed by atoms with van der Waals surface area (Å²) in [6.07, 6.45) is 4.93. The standard InChI is InChI=1S/C18H29FN2/c1-5-18(6-2)7-9-21(10-8-18)17-11-13(3)16(19)12-15(17)14(4)20/h11-12,14H,5-10,20H2,1-4H3/t14-/m0/s1. The summed E-state index contributed by atoms with van der Waals surface area (Å²) in [5.74, 6) is -0.153. The highest BCUT2D eigenvalue weighted by atomic mass is 19.1. The predicted molar refractivity (Wildman–Crippen MR) is 88.2 cm³/mol. The molecule has 0 aliphatic carbocycles. The Balaban J connectivity index is 2.26. The molecule has 0 spiro atoms. The van der Waals surface area contributed by atoms with Gasteiger partial charge in [-0.1, -0.05) is 26.7 Å². The van der Waals surface area contributed by atoms with Crippen LogP contribution in [0.2, 0.25) is 0 Å². The molecule has 2 nitrogen and oxygen atoms in total. The lowest BCUT2D eigenvalue weighted by Gasteiger charge is -2.42. The molecule has 1 aromatic rings. The molecule has 1 fully saturated rings. The van der Waals surface area contributed by atoms with Crippen LogP contribution in [0.3, 0.4) is 0 Å². The van der Waals surface area contributed by atoms with Crippen LogP contribution in [0.1, 0.15) is 63.6 Å². The van der Waals surface area contributed by atoms with E-state index in [2.05, 4.69) is 18.7 Å². The van der Waals surface area contributed by atoms with Crippen molar-refractivity contribution in [3.05, 3.63) is 29.1 Å². The van der Waals surface area contributed by atoms with Crippen molar-refractivity contribution < 1.29 is 4.39 Å². The zero-order chi connectivity index (χ0) is 15.6. The molecule has 2 N–H and O–H groups in total. The second-order valence-corrected chi connectivity index (χ2v) is 6.64. The molecule has 1 saturated heterocycles. The number of nitrogens with zero attached hydrogens (tertiary/aromatic N) is 1. The largest absolute Gasteiger partial charge is 0.371 e. The molecule has 3 heteroatoms. The van der Waals surface area contributed by atoms with Crippen molar-refractivity contribution in [1.82, 2.24) is 0 Å². The summed E-state index contributed by atoms with van der Waals surface area (Å²) in [5, 5.41) is 0. The first-order valence-electron chi connectivity index (χ1n) is 8.23. The SMILES string of the molecule is CCC1(CC)CCN(c2cc(C)c(F)cc2[C@H](C)N)CC1. The number of hydrogen-bond acceptors (Lipinski definition) is 2. The number of piperidine rings is 1. The molecule has 0 bridgehead atoms. The summed E-state index contributed by atoms with van der Waals surface area (Å²) in [6.45, 7) is 10.5. The highest BCUT2D eigenvalue weighted by Gasteiger charge is 2.32. The minimum atomic E-state index is -0.153. The van der Waals surface area contributed by atoms with Gasteiger partial charge in [0.1, 0.15) is 5.82 Å². The van der Waals surface area contributed by atoms with Crippen molar-refractivity contribution in [3.8, 4) is 0 Å². The van der Waals surface area contributed by atoms with Crippen molar-refractivity contribution in [2.24, 2.45) is 11.1 Å². The Morgan fingerprint density at radius 2 is 1.81 bits per heavy atom. The van der Waals surface area contributed by atoms with Gasteiger partial charge in [-0.2, -0.15) is 0 Å². The summed E-state index contributed by atoms with van der Waals surface area (Å²) in [4.78, 5) is 2.40. The van der Waals surface area contributed by atoms with Gasteiger partial charge in [-0.15, -0.1) is 0 Å². The fourth-order valence-electron chi connectivity index (χ4n) is 3.50. The Morgan fingerprint density at radius 3 is 2.29 bits per heavy atom. The van der Waals surface area contributed by atoms with Crippen LogP contribution in [0, 0.1) is 18.2 Å². The van der Waals surface area contributed by atoms with E-state index in [-0.39, 0.29) is 11.9 Å². The van der Waals surface area contributed by atoms with Gasteiger partial charge in [0, 0.05) is 24.8 Å². The molecule has 1 aliphatic rings. The van der Waals surface area contributed by atoms with Gasteiger partial charge in [0.2, 0.25) is 0 Å². The molecule has 2 rings (SSSR count). The van der Waals surface area contributed by atoms with Crippen LogP contribution < -0.4 is 10.6 Å². The normalized spacial score (nSPS) is 19.6. The topological polar surface area (TPSA) is 29.3 Å². The van der Waals surface area contributed by atoms with Crippen LogP contribution in [0.25, 0.3) is 0 Å². The van der Waals surface area contributed by atoms with E-state index in [1.54, 1.807) is 6.07 Å². The number of hydrogen-bond donors (Lipinski definition) is 1. The summed E-state index contributed by atoms with van der Waals surface area (Å²) in [6, 6.07) is 3.45. The van der Waals surface area contributed by atoms with Crippen LogP contribution >= 0.6 is 0 Å². The van der Waals surface area contributed by atoms with E-state index < -0.39 is 0 Å². The third kappa shape index (κ3) is 3.23. The van der Waals surface area contributed by atoms with E-state index in [0.717, 1.165) is 24.3 Å². The molecule has 1 atom stereocenters. The Morgan fingerprint density at radius 1 is 1.24 bits per heavy atom. The van der Waals surface area contributed by atoms with Crippen molar-refractivity contribution in [1.29, 1.82) is 0 Å². The van der Waals surface area contributed by atoms with Crippen LogP contribution in [-0.4, -0.2) is 13.1 Å². The van der Waals surface area contributed by atoms with Gasteiger partial charge in [0.25, 0.3) is 0 Å². The van der Waals surface area contributed by atoms with Crippen LogP contribution in [0.4, 0.5) is 10.1 Å². The minimum absolute atomic E-state index is 0.140. The second-order valence-electron chi connectivity index (χ2n) is 6.64. The van der Waals surface area contributed by atoms with E-state index >= 15 is 0 Å². The molecule has 1 aromatic carbocycles. The molecule has 118 valence electrons. The third-order valence-electron chi connectivity index (χ3n) is 5.46. The number of rotatable bonds is 4. The van der Waals surface area contributed by atoms with Crippen LogP contribution in [0.5, 0.6) is 0 Å². The fraction of sp³-hybridized carbons (Fsp3) is 0.667. The highest BCUT2D eigenvalue weighted by Crippen LogP contribution is 2.40. The van der Waals surface area contributed by atoms with E-state index in [1.165, 1.54) is 25.7 Å². The average molecular weight is 292 g/mol. The maximum atomic E-state index is 13.8. The fourth-order valence-corrected chi connectivity index (χ4v) is 3.50. The molecule has 1 aliphatic heterocycles. The summed E-state index contributed by atoms with van der Waals surface area (Å²) >= 11 is 0. The van der Waals surface area contributed by atoms with Crippen molar-refractivity contribution in [2.45, 2.75) is 59.4 Å². The highest BCUT2D eigenvalue weighted by molar-refractivity contribution is 5.57. The average Bonchev–Trinajstić information content (AvgIpc) is 2.49. The number of nitrogens with two attached hydrogens (primary N) is 1.